The van der Waals surface area contributed by atoms with E-state index in [0.29, 0.717) is 12.1 Å². The van der Waals surface area contributed by atoms with Crippen LogP contribution in [-0.2, 0) is 4.79 Å². The summed E-state index contributed by atoms with van der Waals surface area (Å²) in [6.07, 6.45) is 0. The van der Waals surface area contributed by atoms with E-state index in [1.165, 1.54) is 0 Å². The first-order valence-electron chi connectivity index (χ1n) is 12.7. The highest BCUT2D eigenvalue weighted by Crippen LogP contribution is 2.45. The van der Waals surface area contributed by atoms with Crippen molar-refractivity contribution in [2.75, 3.05) is 32.7 Å². The zero-order valence-corrected chi connectivity index (χ0v) is 20.8. The van der Waals surface area contributed by atoms with E-state index in [9.17, 15) is 9.59 Å². The fraction of sp³-hybridized carbons (Fsp3) is 0.267. The molecule has 1 atom stereocenters. The molecule has 0 fully saturated rings. The molecule has 0 aliphatic carbocycles. The third kappa shape index (κ3) is 4.40. The fourth-order valence-electron chi connectivity index (χ4n) is 5.23. The van der Waals surface area contributed by atoms with Crippen LogP contribution in [0.2, 0.25) is 0 Å². The molecular formula is C30H32N4O2. The Labute approximate surface area is 211 Å². The Morgan fingerprint density at radius 2 is 1.64 bits per heavy atom. The molecule has 36 heavy (non-hydrogen) atoms. The molecule has 1 aliphatic rings. The molecule has 4 aromatic rings. The van der Waals surface area contributed by atoms with Gasteiger partial charge in [0.2, 0.25) is 5.91 Å². The van der Waals surface area contributed by atoms with Gasteiger partial charge in [0.25, 0.3) is 5.91 Å². The Kier molecular flexibility index (Phi) is 6.87. The quantitative estimate of drug-likeness (QED) is 0.360. The van der Waals surface area contributed by atoms with Crippen LogP contribution in [0.5, 0.6) is 0 Å². The van der Waals surface area contributed by atoms with Crippen LogP contribution in [0.25, 0.3) is 22.2 Å². The molecule has 0 saturated heterocycles. The van der Waals surface area contributed by atoms with Crippen molar-refractivity contribution in [2.45, 2.75) is 19.9 Å². The Bertz CT molecular complexity index is 1370. The number of aromatic nitrogens is 1. The molecule has 1 aromatic heterocycles. The smallest absolute Gasteiger partial charge is 0.255 e. The maximum atomic E-state index is 13.6. The number of nitrogens with zero attached hydrogens (tertiary/aromatic N) is 2. The second-order valence-electron chi connectivity index (χ2n) is 9.12. The monoisotopic (exact) mass is 480 g/mol. The van der Waals surface area contributed by atoms with Gasteiger partial charge in [-0.05, 0) is 36.3 Å². The zero-order chi connectivity index (χ0) is 25.1. The molecule has 1 aliphatic heterocycles. The molecule has 0 saturated carbocycles. The average Bonchev–Trinajstić information content (AvgIpc) is 3.42. The number of hydrogen-bond acceptors (Lipinski definition) is 3. The summed E-state index contributed by atoms with van der Waals surface area (Å²) in [5, 5.41) is 4.08. The van der Waals surface area contributed by atoms with Crippen molar-refractivity contribution in [1.29, 1.82) is 0 Å². The van der Waals surface area contributed by atoms with E-state index in [-0.39, 0.29) is 24.4 Å². The molecule has 6 heteroatoms. The second-order valence-corrected chi connectivity index (χ2v) is 9.12. The van der Waals surface area contributed by atoms with Gasteiger partial charge in [-0.15, -0.1) is 0 Å². The first kappa shape index (κ1) is 23.8. The van der Waals surface area contributed by atoms with Crippen LogP contribution in [0.1, 0.15) is 41.4 Å². The lowest BCUT2D eigenvalue weighted by molar-refractivity contribution is -0.122. The summed E-state index contributed by atoms with van der Waals surface area (Å²) in [4.78, 5) is 34.3. The number of carbonyl (C=O) groups is 2. The number of likely N-dealkylation sites (N-methyl/N-ethyl adjacent to an activating group) is 1. The molecule has 2 heterocycles. The summed E-state index contributed by atoms with van der Waals surface area (Å²) >= 11 is 0. The van der Waals surface area contributed by atoms with Crippen LogP contribution in [0.3, 0.4) is 0 Å². The van der Waals surface area contributed by atoms with Crippen molar-refractivity contribution in [1.82, 2.24) is 20.1 Å². The predicted molar refractivity (Wildman–Crippen MR) is 144 cm³/mol. The van der Waals surface area contributed by atoms with E-state index >= 15 is 0 Å². The van der Waals surface area contributed by atoms with Crippen molar-refractivity contribution < 1.29 is 9.59 Å². The number of benzene rings is 3. The Morgan fingerprint density at radius 3 is 2.42 bits per heavy atom. The van der Waals surface area contributed by atoms with Gasteiger partial charge in [0.05, 0.1) is 11.7 Å². The maximum Gasteiger partial charge on any atom is 0.255 e. The molecule has 0 spiro atoms. The lowest BCUT2D eigenvalue weighted by atomic mass is 9.93. The van der Waals surface area contributed by atoms with Gasteiger partial charge in [-0.25, -0.2) is 0 Å². The molecule has 2 N–H and O–H groups in total. The number of aromatic amines is 1. The highest BCUT2D eigenvalue weighted by molar-refractivity contribution is 6.03. The average molecular weight is 481 g/mol. The van der Waals surface area contributed by atoms with Crippen LogP contribution < -0.4 is 5.32 Å². The molecule has 0 unspecified atom stereocenters. The number of nitrogens with one attached hydrogen (secondary N) is 2. The van der Waals surface area contributed by atoms with Gasteiger partial charge in [0.15, 0.2) is 0 Å². The summed E-state index contributed by atoms with van der Waals surface area (Å²) < 4.78 is 0. The van der Waals surface area contributed by atoms with Gasteiger partial charge in [0.1, 0.15) is 6.54 Å². The normalized spacial score (nSPS) is 15.0. The molecule has 2 amide bonds. The predicted octanol–water partition coefficient (Wildman–Crippen LogP) is 4.84. The van der Waals surface area contributed by atoms with Gasteiger partial charge in [-0.1, -0.05) is 80.6 Å². The van der Waals surface area contributed by atoms with E-state index in [1.54, 1.807) is 4.90 Å². The highest BCUT2D eigenvalue weighted by Gasteiger charge is 2.40. The SMILES string of the molecule is CCN(CC)CCNC(=O)CN1C(=O)c2ccccc2[C@@H]1c1c(-c2ccccc2)[nH]c2ccccc12. The summed E-state index contributed by atoms with van der Waals surface area (Å²) in [6, 6.07) is 25.7. The van der Waals surface area contributed by atoms with Crippen LogP contribution in [0, 0.1) is 0 Å². The van der Waals surface area contributed by atoms with Crippen LogP contribution in [0.4, 0.5) is 0 Å². The third-order valence-electron chi connectivity index (χ3n) is 7.10. The third-order valence-corrected chi connectivity index (χ3v) is 7.10. The molecule has 184 valence electrons. The van der Waals surface area contributed by atoms with Crippen molar-refractivity contribution in [3.8, 4) is 11.3 Å². The number of hydrogen-bond donors (Lipinski definition) is 2. The number of fused-ring (bicyclic) bond motifs is 2. The van der Waals surface area contributed by atoms with Crippen LogP contribution in [-0.4, -0.2) is 59.3 Å². The van der Waals surface area contributed by atoms with E-state index < -0.39 is 0 Å². The summed E-state index contributed by atoms with van der Waals surface area (Å²) in [5.41, 5.74) is 5.63. The van der Waals surface area contributed by atoms with Gasteiger partial charge >= 0.3 is 0 Å². The summed E-state index contributed by atoms with van der Waals surface area (Å²) in [7, 11) is 0. The van der Waals surface area contributed by atoms with E-state index in [0.717, 1.165) is 52.9 Å². The number of carbonyl (C=O) groups excluding carboxylic acids is 2. The van der Waals surface area contributed by atoms with Crippen LogP contribution in [0.15, 0.2) is 78.9 Å². The number of amides is 2. The number of rotatable bonds is 9. The summed E-state index contributed by atoms with van der Waals surface area (Å²) in [5.74, 6) is -0.256. The topological polar surface area (TPSA) is 68.4 Å². The Hall–Kier alpha value is -3.90. The molecule has 5 rings (SSSR count). The molecule has 6 nitrogen and oxygen atoms in total. The minimum absolute atomic E-state index is 0.00413. The minimum atomic E-state index is -0.367. The standard InChI is InChI=1S/C30H32N4O2/c1-3-33(4-2)19-18-31-26(35)20-34-29(22-14-8-9-15-23(22)30(34)36)27-24-16-10-11-17-25(24)32-28(27)21-12-6-5-7-13-21/h5-17,29,32H,3-4,18-20H2,1-2H3,(H,31,35)/t29-/m1/s1. The van der Waals surface area contributed by atoms with Crippen molar-refractivity contribution in [3.63, 3.8) is 0 Å². The van der Waals surface area contributed by atoms with Gasteiger partial charge in [-0.2, -0.15) is 0 Å². The molecular weight excluding hydrogens is 448 g/mol. The molecule has 0 bridgehead atoms. The fourth-order valence-corrected chi connectivity index (χ4v) is 5.23. The highest BCUT2D eigenvalue weighted by atomic mass is 16.2. The zero-order valence-electron chi connectivity index (χ0n) is 20.8. The van der Waals surface area contributed by atoms with Crippen molar-refractivity contribution >= 4 is 22.7 Å². The van der Waals surface area contributed by atoms with E-state index in [1.807, 2.05) is 54.6 Å². The first-order chi connectivity index (χ1) is 17.6. The van der Waals surface area contributed by atoms with Crippen molar-refractivity contribution in [3.05, 3.63) is 95.6 Å². The first-order valence-corrected chi connectivity index (χ1v) is 12.7. The Morgan fingerprint density at radius 1 is 0.944 bits per heavy atom. The van der Waals surface area contributed by atoms with Gasteiger partial charge in [0, 0.05) is 35.1 Å². The van der Waals surface area contributed by atoms with Gasteiger partial charge < -0.3 is 20.1 Å². The van der Waals surface area contributed by atoms with E-state index in [2.05, 4.69) is 53.3 Å². The number of para-hydroxylation sites is 1. The molecule has 0 radical (unpaired) electrons. The van der Waals surface area contributed by atoms with Gasteiger partial charge in [-0.3, -0.25) is 9.59 Å². The van der Waals surface area contributed by atoms with E-state index in [4.69, 9.17) is 0 Å². The number of H-pyrrole nitrogens is 1. The summed E-state index contributed by atoms with van der Waals surface area (Å²) in [6.45, 7) is 7.46. The minimum Gasteiger partial charge on any atom is -0.354 e. The van der Waals surface area contributed by atoms with Crippen molar-refractivity contribution in [2.24, 2.45) is 0 Å². The molecule has 3 aromatic carbocycles. The van der Waals surface area contributed by atoms with Crippen LogP contribution >= 0.6 is 0 Å². The lowest BCUT2D eigenvalue weighted by Gasteiger charge is -2.26. The second kappa shape index (κ2) is 10.4. The maximum absolute atomic E-state index is 13.6. The lowest BCUT2D eigenvalue weighted by Crippen LogP contribution is -2.42. The largest absolute Gasteiger partial charge is 0.354 e. The Balaban J connectivity index is 1.54.